The molecule has 0 fully saturated rings. The molecule has 2 rings (SSSR count). The van der Waals surface area contributed by atoms with Crippen LogP contribution in [0.2, 0.25) is 0 Å². The molecule has 0 aliphatic carbocycles. The lowest BCUT2D eigenvalue weighted by molar-refractivity contribution is 0.102. The molecule has 18 heavy (non-hydrogen) atoms. The molecule has 2 heterocycles. The van der Waals surface area contributed by atoms with Crippen molar-refractivity contribution in [3.8, 4) is 0 Å². The number of hydrogen-bond donors (Lipinski definition) is 1. The number of carbonyl (C=O) groups excluding carboxylic acids is 1. The Morgan fingerprint density at radius 1 is 1.39 bits per heavy atom. The Morgan fingerprint density at radius 3 is 2.72 bits per heavy atom. The van der Waals surface area contributed by atoms with Crippen molar-refractivity contribution >= 4 is 27.5 Å². The first-order chi connectivity index (χ1) is 8.49. The maximum atomic E-state index is 12.1. The lowest BCUT2D eigenvalue weighted by atomic mass is 10.2. The number of rotatable bonds is 2. The molecule has 1 N–H and O–H groups in total. The highest BCUT2D eigenvalue weighted by Gasteiger charge is 2.14. The van der Waals surface area contributed by atoms with E-state index >= 15 is 0 Å². The maximum absolute atomic E-state index is 12.1. The second-order valence-electron chi connectivity index (χ2n) is 4.02. The summed E-state index contributed by atoms with van der Waals surface area (Å²) < 4.78 is 2.35. The van der Waals surface area contributed by atoms with Gasteiger partial charge in [-0.2, -0.15) is 5.10 Å². The van der Waals surface area contributed by atoms with E-state index in [0.717, 1.165) is 11.3 Å². The molecule has 2 aromatic rings. The van der Waals surface area contributed by atoms with Gasteiger partial charge in [-0.25, -0.2) is 4.98 Å². The van der Waals surface area contributed by atoms with Gasteiger partial charge in [0.1, 0.15) is 10.3 Å². The van der Waals surface area contributed by atoms with Crippen LogP contribution in [0.1, 0.15) is 21.7 Å². The third-order valence-corrected chi connectivity index (χ3v) is 3.20. The monoisotopic (exact) mass is 308 g/mol. The predicted molar refractivity (Wildman–Crippen MR) is 72.6 cm³/mol. The summed E-state index contributed by atoms with van der Waals surface area (Å²) in [7, 11) is 1.83. The Bertz CT molecular complexity index is 606. The highest BCUT2D eigenvalue weighted by atomic mass is 79.9. The van der Waals surface area contributed by atoms with E-state index in [4.69, 9.17) is 0 Å². The highest BCUT2D eigenvalue weighted by Crippen LogP contribution is 2.16. The Kier molecular flexibility index (Phi) is 3.47. The average molecular weight is 309 g/mol. The smallest absolute Gasteiger partial charge is 0.274 e. The van der Waals surface area contributed by atoms with Crippen molar-refractivity contribution in [2.45, 2.75) is 13.8 Å². The first-order valence-corrected chi connectivity index (χ1v) is 6.21. The van der Waals surface area contributed by atoms with Gasteiger partial charge in [-0.3, -0.25) is 9.48 Å². The number of halogens is 1. The summed E-state index contributed by atoms with van der Waals surface area (Å²) in [5, 5.41) is 6.88. The SMILES string of the molecule is Cc1ccc(Br)nc1C(=O)Nc1cnn(C)c1C. The van der Waals surface area contributed by atoms with Gasteiger partial charge in [0.25, 0.3) is 5.91 Å². The first kappa shape index (κ1) is 12.8. The van der Waals surface area contributed by atoms with E-state index in [2.05, 4.69) is 31.3 Å². The second-order valence-corrected chi connectivity index (χ2v) is 4.83. The minimum Gasteiger partial charge on any atom is -0.318 e. The van der Waals surface area contributed by atoms with Gasteiger partial charge in [-0.15, -0.1) is 0 Å². The number of carbonyl (C=O) groups is 1. The van der Waals surface area contributed by atoms with E-state index in [1.807, 2.05) is 27.0 Å². The van der Waals surface area contributed by atoms with Gasteiger partial charge in [0, 0.05) is 7.05 Å². The Labute approximate surface area is 113 Å². The molecule has 1 amide bonds. The van der Waals surface area contributed by atoms with Crippen LogP contribution >= 0.6 is 15.9 Å². The van der Waals surface area contributed by atoms with Crippen molar-refractivity contribution < 1.29 is 4.79 Å². The van der Waals surface area contributed by atoms with Crippen LogP contribution in [0.4, 0.5) is 5.69 Å². The summed E-state index contributed by atoms with van der Waals surface area (Å²) in [6.07, 6.45) is 1.63. The van der Waals surface area contributed by atoms with Gasteiger partial charge in [-0.05, 0) is 41.4 Å². The Morgan fingerprint density at radius 2 is 2.11 bits per heavy atom. The number of hydrogen-bond acceptors (Lipinski definition) is 3. The summed E-state index contributed by atoms with van der Waals surface area (Å²) in [6, 6.07) is 3.66. The topological polar surface area (TPSA) is 59.8 Å². The van der Waals surface area contributed by atoms with Gasteiger partial charge in [0.2, 0.25) is 0 Å². The molecule has 0 bridgehead atoms. The standard InChI is InChI=1S/C12H13BrN4O/c1-7-4-5-10(13)16-11(7)12(18)15-9-6-14-17(3)8(9)2/h4-6H,1-3H3,(H,15,18). The van der Waals surface area contributed by atoms with Crippen molar-refractivity contribution in [3.05, 3.63) is 39.9 Å². The van der Waals surface area contributed by atoms with Crippen LogP contribution in [0.15, 0.2) is 22.9 Å². The van der Waals surface area contributed by atoms with E-state index in [1.54, 1.807) is 16.9 Å². The zero-order chi connectivity index (χ0) is 13.3. The number of nitrogens with zero attached hydrogens (tertiary/aromatic N) is 3. The van der Waals surface area contributed by atoms with Crippen molar-refractivity contribution in [3.63, 3.8) is 0 Å². The zero-order valence-electron chi connectivity index (χ0n) is 10.4. The van der Waals surface area contributed by atoms with E-state index in [1.165, 1.54) is 0 Å². The van der Waals surface area contributed by atoms with E-state index in [0.29, 0.717) is 16.0 Å². The van der Waals surface area contributed by atoms with Crippen LogP contribution in [-0.2, 0) is 7.05 Å². The van der Waals surface area contributed by atoms with Gasteiger partial charge in [-0.1, -0.05) is 6.07 Å². The largest absolute Gasteiger partial charge is 0.318 e. The molecule has 6 heteroatoms. The molecule has 0 aromatic carbocycles. The molecular formula is C12H13BrN4O. The van der Waals surface area contributed by atoms with Crippen LogP contribution in [0.3, 0.4) is 0 Å². The fraction of sp³-hybridized carbons (Fsp3) is 0.250. The Hall–Kier alpha value is -1.69. The first-order valence-electron chi connectivity index (χ1n) is 5.42. The number of aryl methyl sites for hydroxylation is 2. The minimum absolute atomic E-state index is 0.232. The highest BCUT2D eigenvalue weighted by molar-refractivity contribution is 9.10. The van der Waals surface area contributed by atoms with Crippen LogP contribution in [0.25, 0.3) is 0 Å². The molecule has 0 aliphatic rings. The lowest BCUT2D eigenvalue weighted by Crippen LogP contribution is -2.15. The summed E-state index contributed by atoms with van der Waals surface area (Å²) in [5.41, 5.74) is 2.84. The number of aromatic nitrogens is 3. The molecule has 94 valence electrons. The number of nitrogens with one attached hydrogen (secondary N) is 1. The Balaban J connectivity index is 2.27. The third kappa shape index (κ3) is 2.43. The predicted octanol–water partition coefficient (Wildman–Crippen LogP) is 2.45. The van der Waals surface area contributed by atoms with E-state index in [9.17, 15) is 4.79 Å². The van der Waals surface area contributed by atoms with Crippen molar-refractivity contribution in [1.29, 1.82) is 0 Å². The molecular weight excluding hydrogens is 296 g/mol. The van der Waals surface area contributed by atoms with Crippen LogP contribution in [0, 0.1) is 13.8 Å². The molecule has 0 spiro atoms. The maximum Gasteiger partial charge on any atom is 0.274 e. The van der Waals surface area contributed by atoms with Crippen LogP contribution < -0.4 is 5.32 Å². The fourth-order valence-corrected chi connectivity index (χ4v) is 1.85. The van der Waals surface area contributed by atoms with Crippen molar-refractivity contribution in [1.82, 2.24) is 14.8 Å². The molecule has 5 nitrogen and oxygen atoms in total. The molecule has 2 aromatic heterocycles. The molecule has 0 atom stereocenters. The van der Waals surface area contributed by atoms with Gasteiger partial charge < -0.3 is 5.32 Å². The lowest BCUT2D eigenvalue weighted by Gasteiger charge is -2.06. The van der Waals surface area contributed by atoms with Crippen molar-refractivity contribution in [2.75, 3.05) is 5.32 Å². The van der Waals surface area contributed by atoms with Crippen LogP contribution in [-0.4, -0.2) is 20.7 Å². The molecule has 0 unspecified atom stereocenters. The second kappa shape index (κ2) is 4.89. The van der Waals surface area contributed by atoms with Gasteiger partial charge in [0.15, 0.2) is 0 Å². The third-order valence-electron chi connectivity index (χ3n) is 2.76. The van der Waals surface area contributed by atoms with Gasteiger partial charge in [0.05, 0.1) is 17.6 Å². The van der Waals surface area contributed by atoms with Crippen LogP contribution in [0.5, 0.6) is 0 Å². The van der Waals surface area contributed by atoms with Gasteiger partial charge >= 0.3 is 0 Å². The molecule has 0 aliphatic heterocycles. The molecule has 0 radical (unpaired) electrons. The summed E-state index contributed by atoms with van der Waals surface area (Å²) in [6.45, 7) is 3.74. The minimum atomic E-state index is -0.232. The number of amides is 1. The molecule has 0 saturated carbocycles. The average Bonchev–Trinajstić information content (AvgIpc) is 2.64. The van der Waals surface area contributed by atoms with Crippen molar-refractivity contribution in [2.24, 2.45) is 7.05 Å². The normalized spacial score (nSPS) is 10.4. The summed E-state index contributed by atoms with van der Waals surface area (Å²) in [4.78, 5) is 16.3. The molecule has 0 saturated heterocycles. The fourth-order valence-electron chi connectivity index (χ4n) is 1.54. The van der Waals surface area contributed by atoms with E-state index < -0.39 is 0 Å². The summed E-state index contributed by atoms with van der Waals surface area (Å²) in [5.74, 6) is -0.232. The zero-order valence-corrected chi connectivity index (χ0v) is 11.9. The summed E-state index contributed by atoms with van der Waals surface area (Å²) >= 11 is 3.26. The number of pyridine rings is 1. The number of anilines is 1. The van der Waals surface area contributed by atoms with E-state index in [-0.39, 0.29) is 5.91 Å². The quantitative estimate of drug-likeness (QED) is 0.867.